The zero-order valence-corrected chi connectivity index (χ0v) is 9.34. The number of benzene rings is 1. The van der Waals surface area contributed by atoms with Crippen LogP contribution in [-0.4, -0.2) is 19.1 Å². The minimum absolute atomic E-state index is 0.0621. The third-order valence-corrected chi connectivity index (χ3v) is 2.18. The van der Waals surface area contributed by atoms with Gasteiger partial charge in [-0.05, 0) is 6.92 Å². The molecule has 0 fully saturated rings. The molecule has 2 nitrogen and oxygen atoms in total. The van der Waals surface area contributed by atoms with Gasteiger partial charge in [0.15, 0.2) is 0 Å². The average molecular weight is 244 g/mol. The molecule has 0 saturated carbocycles. The van der Waals surface area contributed by atoms with E-state index in [-0.39, 0.29) is 5.76 Å². The van der Waals surface area contributed by atoms with Crippen molar-refractivity contribution >= 4 is 11.5 Å². The zero-order valence-electron chi connectivity index (χ0n) is 9.34. The second-order valence-corrected chi connectivity index (χ2v) is 3.35. The van der Waals surface area contributed by atoms with Gasteiger partial charge in [-0.25, -0.2) is 0 Å². The van der Waals surface area contributed by atoms with Crippen LogP contribution in [0.5, 0.6) is 0 Å². The summed E-state index contributed by atoms with van der Waals surface area (Å²) in [6.07, 6.45) is -4.89. The van der Waals surface area contributed by atoms with Gasteiger partial charge in [-0.15, -0.1) is 0 Å². The highest BCUT2D eigenvalue weighted by molar-refractivity contribution is 6.04. The van der Waals surface area contributed by atoms with Crippen molar-refractivity contribution in [3.05, 3.63) is 41.5 Å². The first-order valence-corrected chi connectivity index (χ1v) is 4.79. The Morgan fingerprint density at radius 3 is 2.12 bits per heavy atom. The van der Waals surface area contributed by atoms with Crippen molar-refractivity contribution in [1.82, 2.24) is 0 Å². The molecule has 0 spiro atoms. The standard InChI is InChI=1S/C12H11F3O2/c1-8(11(16)12(13,14)15)10(17-2)9-6-4-3-5-7-9/h3-7H,1-2H3/b10-8+. The van der Waals surface area contributed by atoms with E-state index >= 15 is 0 Å². The molecule has 1 aromatic carbocycles. The number of allylic oxidation sites excluding steroid dienone is 1. The van der Waals surface area contributed by atoms with Gasteiger partial charge in [0.25, 0.3) is 5.78 Å². The Hall–Kier alpha value is -1.78. The van der Waals surface area contributed by atoms with Gasteiger partial charge in [0.1, 0.15) is 5.76 Å². The number of Topliss-reactive ketones (excluding diaryl/α,β-unsaturated/α-hetero) is 1. The van der Waals surface area contributed by atoms with E-state index in [1.807, 2.05) is 0 Å². The van der Waals surface area contributed by atoms with Crippen LogP contribution in [-0.2, 0) is 9.53 Å². The molecule has 17 heavy (non-hydrogen) atoms. The number of rotatable bonds is 3. The van der Waals surface area contributed by atoms with Gasteiger partial charge < -0.3 is 4.74 Å². The molecular weight excluding hydrogens is 233 g/mol. The van der Waals surface area contributed by atoms with Gasteiger partial charge in [0.2, 0.25) is 0 Å². The van der Waals surface area contributed by atoms with Crippen molar-refractivity contribution < 1.29 is 22.7 Å². The summed E-state index contributed by atoms with van der Waals surface area (Å²) in [6, 6.07) is 8.18. The Balaban J connectivity index is 3.21. The summed E-state index contributed by atoms with van der Waals surface area (Å²) >= 11 is 0. The van der Waals surface area contributed by atoms with Gasteiger partial charge >= 0.3 is 6.18 Å². The minimum atomic E-state index is -4.89. The molecule has 0 atom stereocenters. The SMILES string of the molecule is CO/C(=C(\C)C(=O)C(F)(F)F)c1ccccc1. The topological polar surface area (TPSA) is 26.3 Å². The fourth-order valence-electron chi connectivity index (χ4n) is 1.39. The third kappa shape index (κ3) is 3.09. The van der Waals surface area contributed by atoms with E-state index in [1.165, 1.54) is 7.11 Å². The Morgan fingerprint density at radius 2 is 1.71 bits per heavy atom. The summed E-state index contributed by atoms with van der Waals surface area (Å²) in [7, 11) is 1.23. The molecule has 0 aliphatic carbocycles. The van der Waals surface area contributed by atoms with Gasteiger partial charge in [-0.2, -0.15) is 13.2 Å². The van der Waals surface area contributed by atoms with Crippen LogP contribution < -0.4 is 0 Å². The molecule has 0 unspecified atom stereocenters. The normalized spacial score (nSPS) is 13.0. The van der Waals surface area contributed by atoms with Crippen molar-refractivity contribution in [3.8, 4) is 0 Å². The monoisotopic (exact) mass is 244 g/mol. The quantitative estimate of drug-likeness (QED) is 0.603. The predicted molar refractivity (Wildman–Crippen MR) is 57.1 cm³/mol. The Bertz CT molecular complexity index is 433. The van der Waals surface area contributed by atoms with Crippen LogP contribution in [0, 0.1) is 0 Å². The first-order chi connectivity index (χ1) is 7.88. The zero-order chi connectivity index (χ0) is 13.1. The Morgan fingerprint density at radius 1 is 1.18 bits per heavy atom. The van der Waals surface area contributed by atoms with Crippen LogP contribution in [0.1, 0.15) is 12.5 Å². The van der Waals surface area contributed by atoms with E-state index in [9.17, 15) is 18.0 Å². The second kappa shape index (κ2) is 5.03. The number of ketones is 1. The van der Waals surface area contributed by atoms with Crippen LogP contribution in [0.15, 0.2) is 35.9 Å². The number of methoxy groups -OCH3 is 1. The minimum Gasteiger partial charge on any atom is -0.496 e. The summed E-state index contributed by atoms with van der Waals surface area (Å²) in [5, 5.41) is 0. The van der Waals surface area contributed by atoms with Crippen molar-refractivity contribution in [2.24, 2.45) is 0 Å². The molecule has 0 aliphatic heterocycles. The van der Waals surface area contributed by atoms with Crippen LogP contribution in [0.2, 0.25) is 0 Å². The predicted octanol–water partition coefficient (Wildman–Crippen LogP) is 3.20. The highest BCUT2D eigenvalue weighted by Crippen LogP contribution is 2.26. The molecule has 5 heteroatoms. The molecule has 0 N–H and O–H groups in total. The highest BCUT2D eigenvalue weighted by atomic mass is 19.4. The molecule has 92 valence electrons. The fourth-order valence-corrected chi connectivity index (χ4v) is 1.39. The number of hydrogen-bond acceptors (Lipinski definition) is 2. The molecule has 0 radical (unpaired) electrons. The van der Waals surface area contributed by atoms with Gasteiger partial charge in [0.05, 0.1) is 7.11 Å². The van der Waals surface area contributed by atoms with Gasteiger partial charge in [-0.3, -0.25) is 4.79 Å². The number of halogens is 3. The van der Waals surface area contributed by atoms with Crippen molar-refractivity contribution in [1.29, 1.82) is 0 Å². The first kappa shape index (κ1) is 13.3. The van der Waals surface area contributed by atoms with Crippen LogP contribution in [0.4, 0.5) is 13.2 Å². The molecule has 0 bridgehead atoms. The van der Waals surface area contributed by atoms with Crippen molar-refractivity contribution in [2.75, 3.05) is 7.11 Å². The maximum Gasteiger partial charge on any atom is 0.454 e. The van der Waals surface area contributed by atoms with Crippen molar-refractivity contribution in [2.45, 2.75) is 13.1 Å². The van der Waals surface area contributed by atoms with E-state index in [0.29, 0.717) is 5.56 Å². The number of hydrogen-bond donors (Lipinski definition) is 0. The molecule has 1 rings (SSSR count). The summed E-state index contributed by atoms with van der Waals surface area (Å²) in [6.45, 7) is 1.10. The smallest absolute Gasteiger partial charge is 0.454 e. The first-order valence-electron chi connectivity index (χ1n) is 4.79. The summed E-state index contributed by atoms with van der Waals surface area (Å²) in [5.74, 6) is -1.95. The second-order valence-electron chi connectivity index (χ2n) is 3.35. The Kier molecular flexibility index (Phi) is 3.93. The van der Waals surface area contributed by atoms with Gasteiger partial charge in [-0.1, -0.05) is 30.3 Å². The van der Waals surface area contributed by atoms with E-state index in [1.54, 1.807) is 30.3 Å². The summed E-state index contributed by atoms with van der Waals surface area (Å²) in [5.41, 5.74) is -0.0173. The van der Waals surface area contributed by atoms with Crippen LogP contribution in [0.3, 0.4) is 0 Å². The van der Waals surface area contributed by atoms with E-state index in [2.05, 4.69) is 0 Å². The lowest BCUT2D eigenvalue weighted by Gasteiger charge is -2.12. The average Bonchev–Trinajstić information content (AvgIpc) is 2.29. The third-order valence-electron chi connectivity index (χ3n) is 2.18. The van der Waals surface area contributed by atoms with Crippen molar-refractivity contribution in [3.63, 3.8) is 0 Å². The largest absolute Gasteiger partial charge is 0.496 e. The number of carbonyl (C=O) groups excluding carboxylic acids is 1. The van der Waals surface area contributed by atoms with E-state index in [4.69, 9.17) is 4.74 Å². The van der Waals surface area contributed by atoms with E-state index in [0.717, 1.165) is 6.92 Å². The number of alkyl halides is 3. The van der Waals surface area contributed by atoms with Crippen LogP contribution in [0.25, 0.3) is 5.76 Å². The maximum absolute atomic E-state index is 12.3. The maximum atomic E-state index is 12.3. The Labute approximate surface area is 96.7 Å². The molecule has 0 heterocycles. The highest BCUT2D eigenvalue weighted by Gasteiger charge is 2.40. The molecule has 0 saturated heterocycles. The molecule has 1 aromatic rings. The molecule has 0 amide bonds. The number of carbonyl (C=O) groups is 1. The lowest BCUT2D eigenvalue weighted by Crippen LogP contribution is -2.24. The number of ether oxygens (including phenoxy) is 1. The summed E-state index contributed by atoms with van der Waals surface area (Å²) < 4.78 is 41.7. The molecular formula is C12H11F3O2. The van der Waals surface area contributed by atoms with Crippen LogP contribution >= 0.6 is 0 Å². The summed E-state index contributed by atoms with van der Waals surface area (Å²) in [4.78, 5) is 11.1. The van der Waals surface area contributed by atoms with E-state index < -0.39 is 17.5 Å². The molecule has 0 aliphatic rings. The van der Waals surface area contributed by atoms with Gasteiger partial charge in [0, 0.05) is 11.1 Å². The lowest BCUT2D eigenvalue weighted by atomic mass is 10.1. The fraction of sp³-hybridized carbons (Fsp3) is 0.250. The molecule has 0 aromatic heterocycles. The lowest BCUT2D eigenvalue weighted by molar-refractivity contribution is -0.166.